The van der Waals surface area contributed by atoms with E-state index in [2.05, 4.69) is 55.4 Å². The highest BCUT2D eigenvalue weighted by Gasteiger charge is 2.43. The van der Waals surface area contributed by atoms with E-state index in [1.807, 2.05) is 10.6 Å². The lowest BCUT2D eigenvalue weighted by molar-refractivity contribution is 0.696. The molecule has 0 aromatic rings. The molecule has 0 unspecified atom stereocenters. The van der Waals surface area contributed by atoms with E-state index < -0.39 is 0 Å². The maximum atomic E-state index is 2.53. The number of hydrogen-bond acceptors (Lipinski definition) is 0. The van der Waals surface area contributed by atoms with Gasteiger partial charge in [0.25, 0.3) is 0 Å². The van der Waals surface area contributed by atoms with Crippen molar-refractivity contribution in [2.45, 2.75) is 129 Å². The quantitative estimate of drug-likeness (QED) is 0.359. The molecule has 0 N–H and O–H groups in total. The highest BCUT2D eigenvalue weighted by molar-refractivity contribution is 7.68. The van der Waals surface area contributed by atoms with Crippen LogP contribution in [0, 0.1) is 11.8 Å². The van der Waals surface area contributed by atoms with Gasteiger partial charge in [0.15, 0.2) is 0 Å². The third kappa shape index (κ3) is 4.60. The molecule has 0 aromatic carbocycles. The Labute approximate surface area is 167 Å². The summed E-state index contributed by atoms with van der Waals surface area (Å²) in [6.07, 6.45) is 11.7. The van der Waals surface area contributed by atoms with Gasteiger partial charge in [-0.05, 0) is 96.5 Å². The predicted octanol–water partition coefficient (Wildman–Crippen LogP) is 9.18. The molecule has 2 saturated heterocycles. The monoisotopic (exact) mass is 396 g/mol. The zero-order valence-corrected chi connectivity index (χ0v) is 20.8. The zero-order chi connectivity index (χ0) is 19.4. The van der Waals surface area contributed by atoms with Crippen LogP contribution in [0.1, 0.15) is 107 Å². The molecule has 0 saturated carbocycles. The molecule has 2 fully saturated rings. The highest BCUT2D eigenvalue weighted by atomic mass is 31.1. The standard InChI is InChI=1S/C24H46P2/c1-9-19-13-14-20(10-2)25(19)23(17(5)6)24(18(7)8)26-21(11-3)15-16-22(26)12-4/h17-22H,9-16H2,1-8H3/b24-23-/t19-,20-,21-,22-/m1/s1. The molecule has 0 radical (unpaired) electrons. The maximum absolute atomic E-state index is 2.53. The molecule has 2 rings (SSSR count). The Balaban J connectivity index is 2.60. The van der Waals surface area contributed by atoms with Crippen LogP contribution < -0.4 is 0 Å². The van der Waals surface area contributed by atoms with Crippen molar-refractivity contribution in [1.82, 2.24) is 0 Å². The summed E-state index contributed by atoms with van der Waals surface area (Å²) in [5, 5.41) is 4.05. The lowest BCUT2D eigenvalue weighted by atomic mass is 10.1. The van der Waals surface area contributed by atoms with Gasteiger partial charge in [-0.25, -0.2) is 0 Å². The molecule has 4 atom stereocenters. The summed E-state index contributed by atoms with van der Waals surface area (Å²) >= 11 is 0. The minimum absolute atomic E-state index is 0.0847. The third-order valence-electron chi connectivity index (χ3n) is 7.04. The molecule has 0 aromatic heterocycles. The normalized spacial score (nSPS) is 32.1. The van der Waals surface area contributed by atoms with E-state index in [0.29, 0.717) is 0 Å². The van der Waals surface area contributed by atoms with Crippen molar-refractivity contribution in [3.05, 3.63) is 10.6 Å². The molecule has 0 bridgehead atoms. The molecule has 152 valence electrons. The van der Waals surface area contributed by atoms with E-state index in [1.54, 1.807) is 0 Å². The highest BCUT2D eigenvalue weighted by Crippen LogP contribution is 2.73. The van der Waals surface area contributed by atoms with Crippen LogP contribution in [-0.4, -0.2) is 22.6 Å². The van der Waals surface area contributed by atoms with Crippen LogP contribution in [0.15, 0.2) is 10.6 Å². The van der Waals surface area contributed by atoms with Gasteiger partial charge in [0.1, 0.15) is 0 Å². The van der Waals surface area contributed by atoms with Gasteiger partial charge in [0, 0.05) is 0 Å². The Morgan fingerprint density at radius 1 is 0.577 bits per heavy atom. The Morgan fingerprint density at radius 2 is 0.808 bits per heavy atom. The van der Waals surface area contributed by atoms with Gasteiger partial charge in [-0.1, -0.05) is 71.2 Å². The molecule has 0 nitrogen and oxygen atoms in total. The molecule has 2 heterocycles. The molecule has 26 heavy (non-hydrogen) atoms. The van der Waals surface area contributed by atoms with Crippen molar-refractivity contribution in [1.29, 1.82) is 0 Å². The summed E-state index contributed by atoms with van der Waals surface area (Å²) in [4.78, 5) is 0. The average molecular weight is 397 g/mol. The van der Waals surface area contributed by atoms with Crippen LogP contribution in [0.2, 0.25) is 0 Å². The smallest absolute Gasteiger partial charge is 0.0172 e. The fourth-order valence-electron chi connectivity index (χ4n) is 5.76. The van der Waals surface area contributed by atoms with Crippen molar-refractivity contribution in [2.24, 2.45) is 11.8 Å². The fourth-order valence-corrected chi connectivity index (χ4v) is 14.7. The first-order valence-electron chi connectivity index (χ1n) is 11.7. The molecule has 2 aliphatic rings. The zero-order valence-electron chi connectivity index (χ0n) is 19.0. The lowest BCUT2D eigenvalue weighted by Gasteiger charge is -2.39. The largest absolute Gasteiger partial charge is 0.0728 e. The number of hydrogen-bond donors (Lipinski definition) is 0. The Hall–Kier alpha value is 0.600. The van der Waals surface area contributed by atoms with E-state index in [1.165, 1.54) is 51.4 Å². The Bertz CT molecular complexity index is 399. The molecule has 0 spiro atoms. The lowest BCUT2D eigenvalue weighted by Crippen LogP contribution is -2.15. The van der Waals surface area contributed by atoms with Crippen molar-refractivity contribution >= 4 is 15.8 Å². The van der Waals surface area contributed by atoms with Crippen LogP contribution in [0.25, 0.3) is 0 Å². The summed E-state index contributed by atoms with van der Waals surface area (Å²) in [7, 11) is 0.169. The first-order chi connectivity index (χ1) is 12.4. The summed E-state index contributed by atoms with van der Waals surface area (Å²) in [5.74, 6) is 1.52. The SMILES string of the molecule is CC[C@@H]1CC[C@@H](CC)P1/C(=C(/C(C)C)P1[C@H](CC)CC[C@H]1CC)C(C)C. The van der Waals surface area contributed by atoms with Gasteiger partial charge < -0.3 is 0 Å². The van der Waals surface area contributed by atoms with Crippen molar-refractivity contribution in [3.8, 4) is 0 Å². The number of allylic oxidation sites excluding steroid dienone is 2. The minimum atomic E-state index is 0.0847. The van der Waals surface area contributed by atoms with Gasteiger partial charge in [0.2, 0.25) is 0 Å². The van der Waals surface area contributed by atoms with Crippen LogP contribution in [0.3, 0.4) is 0 Å². The molecule has 2 aliphatic heterocycles. The van der Waals surface area contributed by atoms with Gasteiger partial charge in [-0.15, -0.1) is 0 Å². The van der Waals surface area contributed by atoms with Crippen LogP contribution in [-0.2, 0) is 0 Å². The molecule has 2 heteroatoms. The Kier molecular flexibility index (Phi) is 9.15. The second-order valence-corrected chi connectivity index (χ2v) is 14.8. The van der Waals surface area contributed by atoms with Crippen LogP contribution in [0.5, 0.6) is 0 Å². The van der Waals surface area contributed by atoms with E-state index >= 15 is 0 Å². The van der Waals surface area contributed by atoms with E-state index in [9.17, 15) is 0 Å². The maximum Gasteiger partial charge on any atom is -0.0172 e. The minimum Gasteiger partial charge on any atom is -0.0728 e. The fraction of sp³-hybridized carbons (Fsp3) is 0.917. The number of rotatable bonds is 8. The summed E-state index contributed by atoms with van der Waals surface area (Å²) in [5.41, 5.74) is 4.05. The van der Waals surface area contributed by atoms with Crippen molar-refractivity contribution < 1.29 is 0 Å². The van der Waals surface area contributed by atoms with Gasteiger partial charge in [0.05, 0.1) is 0 Å². The van der Waals surface area contributed by atoms with E-state index in [0.717, 1.165) is 34.5 Å². The Morgan fingerprint density at radius 3 is 0.962 bits per heavy atom. The van der Waals surface area contributed by atoms with Crippen LogP contribution in [0.4, 0.5) is 0 Å². The molecule has 0 aliphatic carbocycles. The molecular weight excluding hydrogens is 350 g/mol. The predicted molar refractivity (Wildman–Crippen MR) is 125 cm³/mol. The molecular formula is C24H46P2. The van der Waals surface area contributed by atoms with Gasteiger partial charge >= 0.3 is 0 Å². The second-order valence-electron chi connectivity index (χ2n) is 9.30. The first kappa shape index (κ1) is 22.9. The topological polar surface area (TPSA) is 0 Å². The summed E-state index contributed by atoms with van der Waals surface area (Å²) < 4.78 is 0. The first-order valence-corrected chi connectivity index (χ1v) is 14.7. The third-order valence-corrected chi connectivity index (χ3v) is 15.5. The average Bonchev–Trinajstić information content (AvgIpc) is 3.21. The van der Waals surface area contributed by atoms with E-state index in [-0.39, 0.29) is 15.8 Å². The van der Waals surface area contributed by atoms with Crippen molar-refractivity contribution in [3.63, 3.8) is 0 Å². The van der Waals surface area contributed by atoms with E-state index in [4.69, 9.17) is 0 Å². The summed E-state index contributed by atoms with van der Waals surface area (Å²) in [6.45, 7) is 20.0. The van der Waals surface area contributed by atoms with Gasteiger partial charge in [-0.2, -0.15) is 0 Å². The van der Waals surface area contributed by atoms with Crippen molar-refractivity contribution in [2.75, 3.05) is 0 Å². The molecule has 0 amide bonds. The van der Waals surface area contributed by atoms with Gasteiger partial charge in [-0.3, -0.25) is 0 Å². The van der Waals surface area contributed by atoms with Crippen LogP contribution >= 0.6 is 15.8 Å². The summed E-state index contributed by atoms with van der Waals surface area (Å²) in [6, 6.07) is 0. The second kappa shape index (κ2) is 10.4.